The van der Waals surface area contributed by atoms with Gasteiger partial charge in [-0.3, -0.25) is 14.5 Å². The zero-order valence-electron chi connectivity index (χ0n) is 16.1. The molecule has 28 heavy (non-hydrogen) atoms. The fourth-order valence-corrected chi connectivity index (χ4v) is 3.92. The minimum absolute atomic E-state index is 0.109. The zero-order chi connectivity index (χ0) is 19.9. The van der Waals surface area contributed by atoms with E-state index in [1.807, 2.05) is 5.38 Å². The summed E-state index contributed by atoms with van der Waals surface area (Å²) >= 11 is 1.43. The second-order valence-electron chi connectivity index (χ2n) is 6.98. The number of aromatic nitrogens is 1. The van der Waals surface area contributed by atoms with Gasteiger partial charge in [-0.05, 0) is 32.4 Å². The quantitative estimate of drug-likeness (QED) is 0.654. The third kappa shape index (κ3) is 6.15. The largest absolute Gasteiger partial charge is 0.459 e. The number of thiazole rings is 1. The molecule has 0 aromatic carbocycles. The van der Waals surface area contributed by atoms with Crippen LogP contribution in [0.25, 0.3) is 0 Å². The summed E-state index contributed by atoms with van der Waals surface area (Å²) < 4.78 is 10.8. The molecule has 9 heteroatoms. The summed E-state index contributed by atoms with van der Waals surface area (Å²) in [6.07, 6.45) is 2.74. The van der Waals surface area contributed by atoms with Crippen LogP contribution in [-0.2, 0) is 16.1 Å². The van der Waals surface area contributed by atoms with Gasteiger partial charge in [0.15, 0.2) is 10.9 Å². The first-order valence-electron chi connectivity index (χ1n) is 9.43. The lowest BCUT2D eigenvalue weighted by Gasteiger charge is -2.34. The van der Waals surface area contributed by atoms with Gasteiger partial charge in [-0.25, -0.2) is 4.98 Å². The minimum Gasteiger partial charge on any atom is -0.459 e. The number of rotatable bonds is 8. The lowest BCUT2D eigenvalue weighted by molar-refractivity contribution is -0.116. The van der Waals surface area contributed by atoms with Crippen LogP contribution in [0, 0.1) is 0 Å². The van der Waals surface area contributed by atoms with Crippen molar-refractivity contribution in [2.45, 2.75) is 45.4 Å². The van der Waals surface area contributed by atoms with E-state index in [0.29, 0.717) is 24.5 Å². The number of nitrogens with one attached hydrogen (secondary N) is 2. The van der Waals surface area contributed by atoms with Crippen LogP contribution in [0.2, 0.25) is 0 Å². The van der Waals surface area contributed by atoms with Crippen LogP contribution in [0.1, 0.15) is 42.9 Å². The van der Waals surface area contributed by atoms with Gasteiger partial charge in [-0.1, -0.05) is 0 Å². The maximum absolute atomic E-state index is 12.1. The first-order valence-corrected chi connectivity index (χ1v) is 10.3. The van der Waals surface area contributed by atoms with Crippen LogP contribution < -0.4 is 10.6 Å². The average molecular weight is 407 g/mol. The van der Waals surface area contributed by atoms with Crippen molar-refractivity contribution in [1.29, 1.82) is 0 Å². The van der Waals surface area contributed by atoms with Gasteiger partial charge in [0.1, 0.15) is 0 Å². The molecule has 0 radical (unpaired) electrons. The summed E-state index contributed by atoms with van der Waals surface area (Å²) in [5, 5.41) is 8.13. The van der Waals surface area contributed by atoms with Gasteiger partial charge in [-0.2, -0.15) is 0 Å². The minimum atomic E-state index is -0.276. The highest BCUT2D eigenvalue weighted by atomic mass is 32.1. The molecule has 3 rings (SSSR count). The average Bonchev–Trinajstić information content (AvgIpc) is 3.30. The summed E-state index contributed by atoms with van der Waals surface area (Å²) in [6, 6.07) is 3.26. The zero-order valence-corrected chi connectivity index (χ0v) is 17.0. The number of anilines is 1. The highest BCUT2D eigenvalue weighted by Crippen LogP contribution is 2.19. The topological polar surface area (TPSA) is 96.7 Å². The predicted octanol–water partition coefficient (Wildman–Crippen LogP) is 2.49. The number of furan rings is 1. The van der Waals surface area contributed by atoms with Gasteiger partial charge in [0, 0.05) is 38.0 Å². The molecule has 1 aliphatic rings. The van der Waals surface area contributed by atoms with E-state index in [0.717, 1.165) is 25.3 Å². The molecule has 3 heterocycles. The van der Waals surface area contributed by atoms with Crippen molar-refractivity contribution in [2.75, 3.05) is 25.0 Å². The normalized spacial score (nSPS) is 20.1. The molecule has 2 N–H and O–H groups in total. The monoisotopic (exact) mass is 406 g/mol. The lowest BCUT2D eigenvalue weighted by atomic mass is 10.2. The number of carbonyl (C=O) groups excluding carboxylic acids is 2. The molecule has 1 saturated heterocycles. The van der Waals surface area contributed by atoms with Gasteiger partial charge in [0.25, 0.3) is 5.91 Å². The predicted molar refractivity (Wildman–Crippen MR) is 106 cm³/mol. The van der Waals surface area contributed by atoms with Crippen LogP contribution in [0.15, 0.2) is 28.2 Å². The number of nitrogens with zero attached hydrogens (tertiary/aromatic N) is 2. The van der Waals surface area contributed by atoms with E-state index in [1.165, 1.54) is 17.6 Å². The van der Waals surface area contributed by atoms with Crippen molar-refractivity contribution in [2.24, 2.45) is 0 Å². The number of carbonyl (C=O) groups is 2. The Morgan fingerprint density at radius 3 is 2.82 bits per heavy atom. The molecule has 2 aromatic heterocycles. The Labute approximate surface area is 168 Å². The van der Waals surface area contributed by atoms with Crippen molar-refractivity contribution >= 4 is 28.3 Å². The number of amides is 2. The smallest absolute Gasteiger partial charge is 0.286 e. The molecule has 2 atom stereocenters. The van der Waals surface area contributed by atoms with E-state index in [2.05, 4.69) is 34.4 Å². The fourth-order valence-electron chi connectivity index (χ4n) is 3.21. The Morgan fingerprint density at radius 1 is 1.32 bits per heavy atom. The molecule has 0 bridgehead atoms. The van der Waals surface area contributed by atoms with E-state index < -0.39 is 0 Å². The van der Waals surface area contributed by atoms with Crippen LogP contribution in [0.3, 0.4) is 0 Å². The van der Waals surface area contributed by atoms with Gasteiger partial charge in [-0.15, -0.1) is 11.3 Å². The van der Waals surface area contributed by atoms with Crippen LogP contribution >= 0.6 is 11.3 Å². The molecule has 2 amide bonds. The third-order valence-electron chi connectivity index (χ3n) is 4.29. The van der Waals surface area contributed by atoms with E-state index >= 15 is 0 Å². The first-order chi connectivity index (χ1) is 13.5. The Bertz CT molecular complexity index is 767. The molecule has 8 nitrogen and oxygen atoms in total. The maximum atomic E-state index is 12.1. The van der Waals surface area contributed by atoms with E-state index in [1.54, 1.807) is 12.1 Å². The summed E-state index contributed by atoms with van der Waals surface area (Å²) in [7, 11) is 0. The number of ether oxygens (including phenoxy) is 1. The molecule has 2 aromatic rings. The van der Waals surface area contributed by atoms with Crippen LogP contribution in [0.4, 0.5) is 5.13 Å². The van der Waals surface area contributed by atoms with Gasteiger partial charge < -0.3 is 19.8 Å². The second-order valence-corrected chi connectivity index (χ2v) is 7.84. The first kappa shape index (κ1) is 20.5. The Balaban J connectivity index is 1.36. The molecule has 0 saturated carbocycles. The molecule has 1 fully saturated rings. The Morgan fingerprint density at radius 2 is 2.11 bits per heavy atom. The SMILES string of the molecule is CC1CN(Cc2csc(NC(=O)CCCNC(=O)c3ccco3)n2)CC(C)O1. The van der Waals surface area contributed by atoms with Crippen molar-refractivity contribution in [3.05, 3.63) is 35.2 Å². The molecule has 0 spiro atoms. The standard InChI is InChI=1S/C19H26N4O4S/c1-13-9-23(10-14(2)27-13)11-15-12-28-19(21-15)22-17(24)6-3-7-20-18(25)16-5-4-8-26-16/h4-5,8,12-14H,3,6-7,9-11H2,1-2H3,(H,20,25)(H,21,22,24). The summed E-state index contributed by atoms with van der Waals surface area (Å²) in [5.41, 5.74) is 0.951. The van der Waals surface area contributed by atoms with Gasteiger partial charge in [0.2, 0.25) is 5.91 Å². The summed E-state index contributed by atoms with van der Waals surface area (Å²) in [4.78, 5) is 30.6. The summed E-state index contributed by atoms with van der Waals surface area (Å²) in [6.45, 7) is 7.08. The number of morpholine rings is 1. The molecule has 2 unspecified atom stereocenters. The van der Waals surface area contributed by atoms with Crippen molar-refractivity contribution in [3.8, 4) is 0 Å². The molecular formula is C19H26N4O4S. The Hall–Kier alpha value is -2.23. The van der Waals surface area contributed by atoms with Crippen LogP contribution in [0.5, 0.6) is 0 Å². The lowest BCUT2D eigenvalue weighted by Crippen LogP contribution is -2.44. The third-order valence-corrected chi connectivity index (χ3v) is 5.10. The van der Waals surface area contributed by atoms with E-state index in [9.17, 15) is 9.59 Å². The molecular weight excluding hydrogens is 380 g/mol. The van der Waals surface area contributed by atoms with Crippen LogP contribution in [-0.4, -0.2) is 53.5 Å². The van der Waals surface area contributed by atoms with Crippen molar-refractivity contribution in [1.82, 2.24) is 15.2 Å². The fraction of sp³-hybridized carbons (Fsp3) is 0.526. The molecule has 1 aliphatic heterocycles. The highest BCUT2D eigenvalue weighted by molar-refractivity contribution is 7.13. The summed E-state index contributed by atoms with van der Waals surface area (Å²) in [5.74, 6) is -0.118. The van der Waals surface area contributed by atoms with E-state index in [-0.39, 0.29) is 29.8 Å². The Kier molecular flexibility index (Phi) is 7.18. The van der Waals surface area contributed by atoms with Crippen molar-refractivity contribution in [3.63, 3.8) is 0 Å². The second kappa shape index (κ2) is 9.81. The van der Waals surface area contributed by atoms with Gasteiger partial charge in [0.05, 0.1) is 24.2 Å². The van der Waals surface area contributed by atoms with Gasteiger partial charge >= 0.3 is 0 Å². The molecule has 152 valence electrons. The maximum Gasteiger partial charge on any atom is 0.286 e. The highest BCUT2D eigenvalue weighted by Gasteiger charge is 2.22. The molecule has 0 aliphatic carbocycles. The van der Waals surface area contributed by atoms with Crippen molar-refractivity contribution < 1.29 is 18.7 Å². The number of hydrogen-bond acceptors (Lipinski definition) is 7. The number of hydrogen-bond donors (Lipinski definition) is 2. The van der Waals surface area contributed by atoms with E-state index in [4.69, 9.17) is 9.15 Å².